The van der Waals surface area contributed by atoms with E-state index in [0.717, 1.165) is 11.1 Å². The van der Waals surface area contributed by atoms with Crippen molar-refractivity contribution in [3.63, 3.8) is 0 Å². The number of nitrogens with one attached hydrogen (secondary N) is 1. The van der Waals surface area contributed by atoms with Crippen molar-refractivity contribution in [3.05, 3.63) is 105 Å². The number of aromatic nitrogens is 2. The third kappa shape index (κ3) is 5.40. The predicted octanol–water partition coefficient (Wildman–Crippen LogP) is 5.00. The molecule has 0 radical (unpaired) electrons. The molecule has 4 aromatic rings. The van der Waals surface area contributed by atoms with Crippen LogP contribution in [0.5, 0.6) is 0 Å². The van der Waals surface area contributed by atoms with Crippen molar-refractivity contribution in [2.45, 2.75) is 38.6 Å². The molecule has 0 amide bonds. The van der Waals surface area contributed by atoms with Gasteiger partial charge in [0.1, 0.15) is 30.7 Å². The number of aromatic amines is 1. The number of nitro benzene ring substituents is 1. The van der Waals surface area contributed by atoms with E-state index >= 15 is 0 Å². The van der Waals surface area contributed by atoms with E-state index in [1.54, 1.807) is 30.3 Å². The maximum atomic E-state index is 12.9. The summed E-state index contributed by atoms with van der Waals surface area (Å²) in [7, 11) is 0. The van der Waals surface area contributed by atoms with Crippen molar-refractivity contribution in [2.24, 2.45) is 0 Å². The van der Waals surface area contributed by atoms with Gasteiger partial charge in [-0.2, -0.15) is 0 Å². The summed E-state index contributed by atoms with van der Waals surface area (Å²) in [5, 5.41) is 11.1. The Morgan fingerprint density at radius 3 is 2.26 bits per heavy atom. The lowest BCUT2D eigenvalue weighted by Crippen LogP contribution is -2.32. The summed E-state index contributed by atoms with van der Waals surface area (Å²) in [5.74, 6) is -0.602. The number of benzene rings is 3. The lowest BCUT2D eigenvalue weighted by atomic mass is 10.1. The van der Waals surface area contributed by atoms with Crippen LogP contribution in [-0.2, 0) is 14.2 Å². The number of H-pyrrole nitrogens is 1. The average molecular weight is 516 g/mol. The highest BCUT2D eigenvalue weighted by Crippen LogP contribution is 2.35. The predicted molar refractivity (Wildman–Crippen MR) is 137 cm³/mol. The van der Waals surface area contributed by atoms with Gasteiger partial charge in [-0.1, -0.05) is 35.4 Å². The summed E-state index contributed by atoms with van der Waals surface area (Å²) in [6.07, 6.45) is -1.82. The highest BCUT2D eigenvalue weighted by molar-refractivity contribution is 5.90. The van der Waals surface area contributed by atoms with Gasteiger partial charge in [-0.15, -0.1) is 0 Å². The Bertz CT molecular complexity index is 1500. The fraction of sp³-hybridized carbons (Fsp3) is 0.250. The third-order valence-corrected chi connectivity index (χ3v) is 6.41. The molecule has 5 rings (SSSR count). The highest BCUT2D eigenvalue weighted by atomic mass is 16.6. The molecule has 194 valence electrons. The second-order valence-corrected chi connectivity index (χ2v) is 9.25. The van der Waals surface area contributed by atoms with Gasteiger partial charge in [-0.3, -0.25) is 10.1 Å². The minimum Gasteiger partial charge on any atom is -0.459 e. The Balaban J connectivity index is 1.35. The van der Waals surface area contributed by atoms with Crippen LogP contribution < -0.4 is 0 Å². The zero-order valence-corrected chi connectivity index (χ0v) is 20.7. The van der Waals surface area contributed by atoms with E-state index in [9.17, 15) is 19.7 Å². The van der Waals surface area contributed by atoms with Crippen LogP contribution in [0.1, 0.15) is 50.2 Å². The molecule has 10 heteroatoms. The molecule has 2 heterocycles. The molecule has 38 heavy (non-hydrogen) atoms. The van der Waals surface area contributed by atoms with E-state index in [1.807, 2.05) is 38.1 Å². The molecule has 3 atom stereocenters. The molecule has 3 aromatic carbocycles. The first kappa shape index (κ1) is 25.1. The Labute approximate surface area is 217 Å². The normalized spacial score (nSPS) is 18.8. The van der Waals surface area contributed by atoms with Crippen LogP contribution >= 0.6 is 0 Å². The largest absolute Gasteiger partial charge is 0.459 e. The number of nitro groups is 1. The highest BCUT2D eigenvalue weighted by Gasteiger charge is 2.41. The molecular weight excluding hydrogens is 490 g/mol. The number of esters is 2. The van der Waals surface area contributed by atoms with E-state index < -0.39 is 35.2 Å². The SMILES string of the molecule is Cc1ccc(C(=O)OC[C@H]2O[C@@H](c3nc4ccc([N+](=O)[O-])cc4[nH]3)C[C@@H]2OC(=O)c2ccc(C)cc2)cc1. The van der Waals surface area contributed by atoms with Crippen LogP contribution in [0.3, 0.4) is 0 Å². The van der Waals surface area contributed by atoms with Crippen molar-refractivity contribution >= 4 is 28.7 Å². The molecule has 0 bridgehead atoms. The monoisotopic (exact) mass is 515 g/mol. The van der Waals surface area contributed by atoms with Crippen LogP contribution in [0.15, 0.2) is 66.7 Å². The smallest absolute Gasteiger partial charge is 0.338 e. The molecule has 1 aliphatic rings. The fourth-order valence-corrected chi connectivity index (χ4v) is 4.27. The quantitative estimate of drug-likeness (QED) is 0.206. The zero-order chi connectivity index (χ0) is 26.8. The van der Waals surface area contributed by atoms with E-state index in [0.29, 0.717) is 28.0 Å². The number of rotatable bonds is 7. The van der Waals surface area contributed by atoms with Crippen LogP contribution in [0.25, 0.3) is 11.0 Å². The van der Waals surface area contributed by atoms with Crippen molar-refractivity contribution in [3.8, 4) is 0 Å². The number of fused-ring (bicyclic) bond motifs is 1. The van der Waals surface area contributed by atoms with Gasteiger partial charge in [0.25, 0.3) is 5.69 Å². The molecular formula is C28H25N3O7. The summed E-state index contributed by atoms with van der Waals surface area (Å²) < 4.78 is 17.4. The number of carbonyl (C=O) groups is 2. The summed E-state index contributed by atoms with van der Waals surface area (Å²) in [4.78, 5) is 43.7. The van der Waals surface area contributed by atoms with Crippen molar-refractivity contribution < 1.29 is 28.7 Å². The Kier molecular flexibility index (Phi) is 6.89. The van der Waals surface area contributed by atoms with E-state index in [4.69, 9.17) is 14.2 Å². The molecule has 0 spiro atoms. The molecule has 10 nitrogen and oxygen atoms in total. The number of hydrogen-bond donors (Lipinski definition) is 1. The number of nitrogens with zero attached hydrogens (tertiary/aromatic N) is 2. The molecule has 1 fully saturated rings. The molecule has 1 aromatic heterocycles. The third-order valence-electron chi connectivity index (χ3n) is 6.41. The lowest BCUT2D eigenvalue weighted by Gasteiger charge is -2.19. The Hall–Kier alpha value is -4.57. The maximum absolute atomic E-state index is 12.9. The maximum Gasteiger partial charge on any atom is 0.338 e. The lowest BCUT2D eigenvalue weighted by molar-refractivity contribution is -0.384. The van der Waals surface area contributed by atoms with Crippen molar-refractivity contribution in [1.82, 2.24) is 9.97 Å². The number of hydrogen-bond acceptors (Lipinski definition) is 8. The van der Waals surface area contributed by atoms with Gasteiger partial charge in [0.05, 0.1) is 27.1 Å². The molecule has 0 saturated carbocycles. The summed E-state index contributed by atoms with van der Waals surface area (Å²) in [6, 6.07) is 18.3. The van der Waals surface area contributed by atoms with Gasteiger partial charge in [0, 0.05) is 18.6 Å². The molecule has 1 N–H and O–H groups in total. The standard InChI is InChI=1S/C28H25N3O7/c1-16-3-7-18(8-4-16)27(32)36-15-25-23(38-28(33)19-9-5-17(2)6-10-19)14-24(37-25)26-29-21-12-11-20(31(34)35)13-22(21)30-26/h3-13,23-25H,14-15H2,1-2H3,(H,29,30)/t23-,24+,25+/m0/s1. The number of imidazole rings is 1. The van der Waals surface area contributed by atoms with Gasteiger partial charge < -0.3 is 19.2 Å². The van der Waals surface area contributed by atoms with Gasteiger partial charge in [-0.25, -0.2) is 14.6 Å². The minimum absolute atomic E-state index is 0.0640. The van der Waals surface area contributed by atoms with Crippen LogP contribution in [0.4, 0.5) is 5.69 Å². The van der Waals surface area contributed by atoms with Crippen LogP contribution in [-0.4, -0.2) is 45.6 Å². The average Bonchev–Trinajstić information content (AvgIpc) is 3.51. The second-order valence-electron chi connectivity index (χ2n) is 9.25. The molecule has 1 saturated heterocycles. The molecule has 0 aliphatic carbocycles. The van der Waals surface area contributed by atoms with Crippen LogP contribution in [0.2, 0.25) is 0 Å². The van der Waals surface area contributed by atoms with Gasteiger partial charge in [0.2, 0.25) is 0 Å². The zero-order valence-electron chi connectivity index (χ0n) is 20.7. The first-order chi connectivity index (χ1) is 18.3. The van der Waals surface area contributed by atoms with Gasteiger partial charge in [-0.05, 0) is 44.2 Å². The van der Waals surface area contributed by atoms with Crippen molar-refractivity contribution in [1.29, 1.82) is 0 Å². The van der Waals surface area contributed by atoms with Gasteiger partial charge in [0.15, 0.2) is 0 Å². The number of non-ortho nitro benzene ring substituents is 1. The van der Waals surface area contributed by atoms with E-state index in [-0.39, 0.29) is 18.7 Å². The van der Waals surface area contributed by atoms with Crippen LogP contribution in [0, 0.1) is 24.0 Å². The van der Waals surface area contributed by atoms with Crippen molar-refractivity contribution in [2.75, 3.05) is 6.61 Å². The fourth-order valence-electron chi connectivity index (χ4n) is 4.27. The number of carbonyl (C=O) groups excluding carboxylic acids is 2. The molecule has 0 unspecified atom stereocenters. The van der Waals surface area contributed by atoms with E-state index in [1.165, 1.54) is 12.1 Å². The first-order valence-electron chi connectivity index (χ1n) is 12.1. The van der Waals surface area contributed by atoms with E-state index in [2.05, 4.69) is 9.97 Å². The van der Waals surface area contributed by atoms with Gasteiger partial charge >= 0.3 is 11.9 Å². The number of aryl methyl sites for hydroxylation is 2. The number of ether oxygens (including phenoxy) is 3. The first-order valence-corrected chi connectivity index (χ1v) is 12.1. The summed E-state index contributed by atoms with van der Waals surface area (Å²) >= 11 is 0. The summed E-state index contributed by atoms with van der Waals surface area (Å²) in [6.45, 7) is 3.70. The topological polar surface area (TPSA) is 134 Å². The summed E-state index contributed by atoms with van der Waals surface area (Å²) in [5.41, 5.74) is 3.78. The second kappa shape index (κ2) is 10.4. The minimum atomic E-state index is -0.744. The molecule has 1 aliphatic heterocycles. The Morgan fingerprint density at radius 2 is 1.63 bits per heavy atom. The Morgan fingerprint density at radius 1 is 1.00 bits per heavy atom.